The van der Waals surface area contributed by atoms with Crippen LogP contribution in [0.4, 0.5) is 11.4 Å². The molecule has 118 valence electrons. The topological polar surface area (TPSA) is 67.2 Å². The maximum atomic E-state index is 12.5. The molecule has 3 rings (SSSR count). The van der Waals surface area contributed by atoms with Crippen LogP contribution in [-0.2, 0) is 0 Å². The fourth-order valence-corrected chi connectivity index (χ4v) is 2.13. The Balaban J connectivity index is 1.82. The Labute approximate surface area is 144 Å². The summed E-state index contributed by atoms with van der Waals surface area (Å²) in [5, 5.41) is 3.43. The highest BCUT2D eigenvalue weighted by molar-refractivity contribution is 6.30. The molecule has 0 saturated heterocycles. The van der Waals surface area contributed by atoms with Crippen LogP contribution in [0.25, 0.3) is 0 Å². The number of aliphatic imine (C=N–C) groups is 1. The van der Waals surface area contributed by atoms with E-state index in [1.54, 1.807) is 61.3 Å². The number of carbonyl (C=O) groups is 1. The zero-order chi connectivity index (χ0) is 16.8. The van der Waals surface area contributed by atoms with Gasteiger partial charge in [-0.05, 0) is 48.0 Å². The van der Waals surface area contributed by atoms with Gasteiger partial charge < -0.3 is 5.32 Å². The number of hydrogen-bond donors (Lipinski definition) is 1. The van der Waals surface area contributed by atoms with Crippen LogP contribution in [-0.4, -0.2) is 22.1 Å². The van der Waals surface area contributed by atoms with Crippen molar-refractivity contribution in [3.63, 3.8) is 0 Å². The number of amides is 1. The van der Waals surface area contributed by atoms with Gasteiger partial charge in [0.15, 0.2) is 0 Å². The summed E-state index contributed by atoms with van der Waals surface area (Å²) in [5.41, 5.74) is 2.47. The van der Waals surface area contributed by atoms with Crippen molar-refractivity contribution in [2.24, 2.45) is 4.99 Å². The minimum atomic E-state index is -0.262. The molecule has 0 unspecified atom stereocenters. The van der Waals surface area contributed by atoms with Crippen molar-refractivity contribution in [1.82, 2.24) is 9.97 Å². The average Bonchev–Trinajstić information content (AvgIpc) is 2.63. The second-order valence-electron chi connectivity index (χ2n) is 4.89. The van der Waals surface area contributed by atoms with Crippen molar-refractivity contribution in [2.75, 3.05) is 5.32 Å². The third-order valence-corrected chi connectivity index (χ3v) is 3.46. The quantitative estimate of drug-likeness (QED) is 0.728. The fraction of sp³-hybridized carbons (Fsp3) is 0. The minimum Gasteiger partial charge on any atom is -0.322 e. The Bertz CT molecular complexity index is 864. The van der Waals surface area contributed by atoms with Gasteiger partial charge in [-0.2, -0.15) is 0 Å². The van der Waals surface area contributed by atoms with Gasteiger partial charge in [-0.15, -0.1) is 0 Å². The van der Waals surface area contributed by atoms with E-state index in [-0.39, 0.29) is 5.91 Å². The lowest BCUT2D eigenvalue weighted by atomic mass is 10.2. The van der Waals surface area contributed by atoms with E-state index >= 15 is 0 Å². The minimum absolute atomic E-state index is 0.262. The summed E-state index contributed by atoms with van der Waals surface area (Å²) in [6, 6.07) is 12.2. The Kier molecular flexibility index (Phi) is 4.93. The van der Waals surface area contributed by atoms with Crippen molar-refractivity contribution in [3.05, 3.63) is 83.4 Å². The molecule has 2 aromatic heterocycles. The molecule has 0 spiro atoms. The van der Waals surface area contributed by atoms with Crippen molar-refractivity contribution in [1.29, 1.82) is 0 Å². The molecule has 6 heteroatoms. The number of benzene rings is 1. The number of pyridine rings is 2. The van der Waals surface area contributed by atoms with E-state index in [4.69, 9.17) is 11.6 Å². The normalized spacial score (nSPS) is 10.7. The van der Waals surface area contributed by atoms with E-state index in [0.29, 0.717) is 22.0 Å². The smallest absolute Gasteiger partial charge is 0.257 e. The van der Waals surface area contributed by atoms with Crippen LogP contribution in [0.15, 0.2) is 72.2 Å². The van der Waals surface area contributed by atoms with Crippen molar-refractivity contribution in [2.45, 2.75) is 0 Å². The van der Waals surface area contributed by atoms with Gasteiger partial charge in [0, 0.05) is 35.5 Å². The van der Waals surface area contributed by atoms with Crippen LogP contribution in [0.3, 0.4) is 0 Å². The molecule has 0 bridgehead atoms. The molecule has 3 aromatic rings. The number of hydrogen-bond acceptors (Lipinski definition) is 4. The summed E-state index contributed by atoms with van der Waals surface area (Å²) in [7, 11) is 0. The van der Waals surface area contributed by atoms with E-state index in [1.165, 1.54) is 0 Å². The molecule has 1 aromatic carbocycles. The summed E-state index contributed by atoms with van der Waals surface area (Å²) >= 11 is 5.85. The Morgan fingerprint density at radius 3 is 2.46 bits per heavy atom. The molecule has 0 aliphatic carbocycles. The van der Waals surface area contributed by atoms with Crippen LogP contribution in [0.5, 0.6) is 0 Å². The molecule has 0 radical (unpaired) electrons. The monoisotopic (exact) mass is 336 g/mol. The van der Waals surface area contributed by atoms with E-state index in [2.05, 4.69) is 20.3 Å². The maximum absolute atomic E-state index is 12.5. The fourth-order valence-electron chi connectivity index (χ4n) is 2.01. The zero-order valence-corrected chi connectivity index (χ0v) is 13.3. The standard InChI is InChI=1S/C18H13ClN4O/c19-14-1-3-15(4-2-14)23-18(24)16-7-10-21-12-17(16)22-11-13-5-8-20-9-6-13/h1-12H,(H,23,24). The van der Waals surface area contributed by atoms with Crippen molar-refractivity contribution in [3.8, 4) is 0 Å². The molecule has 0 atom stereocenters. The highest BCUT2D eigenvalue weighted by Gasteiger charge is 2.11. The number of aromatic nitrogens is 2. The van der Waals surface area contributed by atoms with Gasteiger partial charge in [-0.3, -0.25) is 19.8 Å². The molecule has 0 fully saturated rings. The first-order valence-corrected chi connectivity index (χ1v) is 7.55. The first-order chi connectivity index (χ1) is 11.7. The first-order valence-electron chi connectivity index (χ1n) is 7.17. The van der Waals surface area contributed by atoms with Crippen LogP contribution in [0.1, 0.15) is 15.9 Å². The second-order valence-corrected chi connectivity index (χ2v) is 5.33. The zero-order valence-electron chi connectivity index (χ0n) is 12.6. The highest BCUT2D eigenvalue weighted by Crippen LogP contribution is 2.20. The molecular formula is C18H13ClN4O. The number of nitrogens with zero attached hydrogens (tertiary/aromatic N) is 3. The first kappa shape index (κ1) is 15.8. The Hall–Kier alpha value is -3.05. The van der Waals surface area contributed by atoms with Gasteiger partial charge >= 0.3 is 0 Å². The van der Waals surface area contributed by atoms with Gasteiger partial charge in [0.2, 0.25) is 0 Å². The number of rotatable bonds is 4. The highest BCUT2D eigenvalue weighted by atomic mass is 35.5. The van der Waals surface area contributed by atoms with Gasteiger partial charge in [-0.1, -0.05) is 11.6 Å². The molecule has 0 aliphatic heterocycles. The largest absolute Gasteiger partial charge is 0.322 e. The number of anilines is 1. The lowest BCUT2D eigenvalue weighted by molar-refractivity contribution is 0.102. The summed E-state index contributed by atoms with van der Waals surface area (Å²) in [5.74, 6) is -0.262. The van der Waals surface area contributed by atoms with Crippen molar-refractivity contribution >= 4 is 35.1 Å². The lowest BCUT2D eigenvalue weighted by Crippen LogP contribution is -2.12. The summed E-state index contributed by atoms with van der Waals surface area (Å²) in [6.07, 6.45) is 8.13. The van der Waals surface area contributed by atoms with Gasteiger partial charge in [0.05, 0.1) is 17.4 Å². The van der Waals surface area contributed by atoms with E-state index in [0.717, 1.165) is 5.56 Å². The molecule has 5 nitrogen and oxygen atoms in total. The molecule has 0 aliphatic rings. The molecule has 1 N–H and O–H groups in total. The van der Waals surface area contributed by atoms with Crippen molar-refractivity contribution < 1.29 is 4.79 Å². The van der Waals surface area contributed by atoms with Crippen LogP contribution in [0, 0.1) is 0 Å². The van der Waals surface area contributed by atoms with Gasteiger partial charge in [0.25, 0.3) is 5.91 Å². The van der Waals surface area contributed by atoms with E-state index in [9.17, 15) is 4.79 Å². The molecular weight excluding hydrogens is 324 g/mol. The number of halogens is 1. The average molecular weight is 337 g/mol. The van der Waals surface area contributed by atoms with Crippen LogP contribution in [0.2, 0.25) is 5.02 Å². The Morgan fingerprint density at radius 1 is 1.00 bits per heavy atom. The predicted octanol–water partition coefficient (Wildman–Crippen LogP) is 4.13. The van der Waals surface area contributed by atoms with E-state index < -0.39 is 0 Å². The van der Waals surface area contributed by atoms with Crippen LogP contribution < -0.4 is 5.32 Å². The lowest BCUT2D eigenvalue weighted by Gasteiger charge is -2.07. The second kappa shape index (κ2) is 7.48. The van der Waals surface area contributed by atoms with E-state index in [1.807, 2.05) is 12.1 Å². The molecule has 1 amide bonds. The molecule has 0 saturated carbocycles. The third-order valence-electron chi connectivity index (χ3n) is 3.21. The SMILES string of the molecule is O=C(Nc1ccc(Cl)cc1)c1ccncc1N=Cc1ccncc1. The predicted molar refractivity (Wildman–Crippen MR) is 95.1 cm³/mol. The number of carbonyl (C=O) groups excluding carboxylic acids is 1. The van der Waals surface area contributed by atoms with Crippen LogP contribution >= 0.6 is 11.6 Å². The maximum Gasteiger partial charge on any atom is 0.257 e. The summed E-state index contributed by atoms with van der Waals surface area (Å²) in [6.45, 7) is 0. The summed E-state index contributed by atoms with van der Waals surface area (Å²) in [4.78, 5) is 24.8. The molecule has 24 heavy (non-hydrogen) atoms. The summed E-state index contributed by atoms with van der Waals surface area (Å²) < 4.78 is 0. The van der Waals surface area contributed by atoms with Gasteiger partial charge in [0.1, 0.15) is 0 Å². The Morgan fingerprint density at radius 2 is 1.71 bits per heavy atom. The third kappa shape index (κ3) is 4.02. The van der Waals surface area contributed by atoms with Gasteiger partial charge in [-0.25, -0.2) is 0 Å². The molecule has 2 heterocycles. The number of nitrogens with one attached hydrogen (secondary N) is 1.